The minimum absolute atomic E-state index is 0.247. The van der Waals surface area contributed by atoms with Crippen LogP contribution in [-0.2, 0) is 9.59 Å². The number of nitrogens with zero attached hydrogens (tertiary/aromatic N) is 1. The molecule has 0 aromatic heterocycles. The van der Waals surface area contributed by atoms with Gasteiger partial charge in [-0.1, -0.05) is 47.1 Å². The highest BCUT2D eigenvalue weighted by Crippen LogP contribution is 2.39. The highest BCUT2D eigenvalue weighted by atomic mass is 79.9. The number of hydrogen-bond acceptors (Lipinski definition) is 3. The first-order valence-electron chi connectivity index (χ1n) is 8.03. The van der Waals surface area contributed by atoms with E-state index in [2.05, 4.69) is 15.9 Å². The largest absolute Gasteiger partial charge is 0.272 e. The fraction of sp³-hybridized carbons (Fsp3) is 0.200. The summed E-state index contributed by atoms with van der Waals surface area (Å²) in [6, 6.07) is 13.1. The van der Waals surface area contributed by atoms with Crippen LogP contribution in [0.5, 0.6) is 0 Å². The maximum atomic E-state index is 13.1. The lowest BCUT2D eigenvalue weighted by Crippen LogP contribution is -2.31. The molecular formula is C20H18BrNO2S. The smallest absolute Gasteiger partial charge is 0.268 e. The Bertz CT molecular complexity index is 904. The van der Waals surface area contributed by atoms with Crippen LogP contribution in [0.3, 0.4) is 0 Å². The van der Waals surface area contributed by atoms with Crippen molar-refractivity contribution in [1.29, 1.82) is 0 Å². The summed E-state index contributed by atoms with van der Waals surface area (Å²) in [4.78, 5) is 27.9. The number of thioether (sulfide) groups is 1. The number of aryl methyl sites for hydroxylation is 2. The molecule has 0 fully saturated rings. The van der Waals surface area contributed by atoms with E-state index in [1.165, 1.54) is 16.7 Å². The van der Waals surface area contributed by atoms with Gasteiger partial charge in [0, 0.05) is 4.47 Å². The Morgan fingerprint density at radius 2 is 1.76 bits per heavy atom. The third-order valence-corrected chi connectivity index (χ3v) is 5.64. The van der Waals surface area contributed by atoms with Crippen molar-refractivity contribution in [2.24, 2.45) is 0 Å². The molecule has 0 bridgehead atoms. The monoisotopic (exact) mass is 415 g/mol. The number of carbonyl (C=O) groups excluding carboxylic acids is 2. The Hall–Kier alpha value is -1.85. The second kappa shape index (κ2) is 7.18. The molecule has 2 aromatic carbocycles. The molecule has 0 N–H and O–H groups in total. The molecule has 3 rings (SSSR count). The fourth-order valence-electron chi connectivity index (χ4n) is 2.79. The van der Waals surface area contributed by atoms with Crippen LogP contribution in [0.4, 0.5) is 5.69 Å². The van der Waals surface area contributed by atoms with E-state index in [9.17, 15) is 9.59 Å². The lowest BCUT2D eigenvalue weighted by atomic mass is 10.0. The number of amides is 2. The van der Waals surface area contributed by atoms with Gasteiger partial charge in [-0.2, -0.15) is 0 Å². The summed E-state index contributed by atoms with van der Waals surface area (Å²) >= 11 is 4.83. The molecule has 2 aromatic rings. The van der Waals surface area contributed by atoms with E-state index in [-0.39, 0.29) is 11.8 Å². The van der Waals surface area contributed by atoms with Gasteiger partial charge in [-0.25, -0.2) is 4.90 Å². The summed E-state index contributed by atoms with van der Waals surface area (Å²) in [5, 5.41) is 0. The molecule has 0 unspecified atom stereocenters. The third-order valence-electron chi connectivity index (χ3n) is 4.19. The van der Waals surface area contributed by atoms with Crippen molar-refractivity contribution < 1.29 is 9.59 Å². The quantitative estimate of drug-likeness (QED) is 0.651. The standard InChI is InChI=1S/C20H18BrNO2S/c1-4-25-18-17(14-9-8-12(2)13(3)10-14)19(23)22(20(18)24)16-7-5-6-15(21)11-16/h5-11H,4H2,1-3H3. The molecule has 0 saturated heterocycles. The van der Waals surface area contributed by atoms with Gasteiger partial charge in [0.2, 0.25) is 0 Å². The number of hydrogen-bond donors (Lipinski definition) is 0. The van der Waals surface area contributed by atoms with Crippen molar-refractivity contribution >= 4 is 50.8 Å². The molecule has 25 heavy (non-hydrogen) atoms. The number of rotatable bonds is 4. The predicted molar refractivity (Wildman–Crippen MR) is 108 cm³/mol. The van der Waals surface area contributed by atoms with Crippen LogP contribution >= 0.6 is 27.7 Å². The topological polar surface area (TPSA) is 37.4 Å². The second-order valence-electron chi connectivity index (χ2n) is 5.86. The number of anilines is 1. The van der Waals surface area contributed by atoms with Crippen molar-refractivity contribution in [2.45, 2.75) is 20.8 Å². The van der Waals surface area contributed by atoms with Crippen molar-refractivity contribution in [2.75, 3.05) is 10.7 Å². The van der Waals surface area contributed by atoms with Crippen LogP contribution in [0.2, 0.25) is 0 Å². The molecule has 0 aliphatic carbocycles. The first-order chi connectivity index (χ1) is 11.9. The molecule has 1 heterocycles. The lowest BCUT2D eigenvalue weighted by Gasteiger charge is -2.15. The van der Waals surface area contributed by atoms with Crippen molar-refractivity contribution in [3.63, 3.8) is 0 Å². The Morgan fingerprint density at radius 3 is 2.40 bits per heavy atom. The molecule has 0 saturated carbocycles. The summed E-state index contributed by atoms with van der Waals surface area (Å²) < 4.78 is 0.829. The molecule has 0 spiro atoms. The fourth-order valence-corrected chi connectivity index (χ4v) is 4.03. The second-order valence-corrected chi connectivity index (χ2v) is 8.05. The number of halogens is 1. The van der Waals surface area contributed by atoms with Gasteiger partial charge in [-0.15, -0.1) is 11.8 Å². The van der Waals surface area contributed by atoms with Gasteiger partial charge >= 0.3 is 0 Å². The summed E-state index contributed by atoms with van der Waals surface area (Å²) in [6.07, 6.45) is 0. The average Bonchev–Trinajstić information content (AvgIpc) is 2.81. The van der Waals surface area contributed by atoms with Gasteiger partial charge in [0.1, 0.15) is 0 Å². The highest BCUT2D eigenvalue weighted by molar-refractivity contribution is 9.10. The normalized spacial score (nSPS) is 14.6. The number of carbonyl (C=O) groups is 2. The first kappa shape index (κ1) is 18.0. The van der Waals surface area contributed by atoms with Gasteiger partial charge in [0.15, 0.2) is 0 Å². The highest BCUT2D eigenvalue weighted by Gasteiger charge is 2.40. The van der Waals surface area contributed by atoms with E-state index in [4.69, 9.17) is 0 Å². The maximum Gasteiger partial charge on any atom is 0.272 e. The Labute approximate surface area is 160 Å². The summed E-state index contributed by atoms with van der Waals surface area (Å²) in [5.74, 6) is 0.222. The van der Waals surface area contributed by atoms with Crippen LogP contribution in [-0.4, -0.2) is 17.6 Å². The van der Waals surface area contributed by atoms with E-state index < -0.39 is 0 Å². The molecular weight excluding hydrogens is 398 g/mol. The van der Waals surface area contributed by atoms with Crippen LogP contribution in [0.1, 0.15) is 23.6 Å². The van der Waals surface area contributed by atoms with Crippen LogP contribution < -0.4 is 4.90 Å². The number of benzene rings is 2. The zero-order valence-corrected chi connectivity index (χ0v) is 16.7. The van der Waals surface area contributed by atoms with E-state index >= 15 is 0 Å². The Morgan fingerprint density at radius 1 is 1.00 bits per heavy atom. The van der Waals surface area contributed by atoms with Crippen molar-refractivity contribution in [1.82, 2.24) is 0 Å². The van der Waals surface area contributed by atoms with E-state index in [1.54, 1.807) is 12.1 Å². The van der Waals surface area contributed by atoms with Crippen molar-refractivity contribution in [3.8, 4) is 0 Å². The summed E-state index contributed by atoms with van der Waals surface area (Å²) in [7, 11) is 0. The van der Waals surface area contributed by atoms with Crippen molar-refractivity contribution in [3.05, 3.63) is 68.5 Å². The minimum atomic E-state index is -0.262. The molecule has 128 valence electrons. The van der Waals surface area contributed by atoms with Crippen LogP contribution in [0.25, 0.3) is 5.57 Å². The van der Waals surface area contributed by atoms with E-state index in [0.29, 0.717) is 16.2 Å². The molecule has 2 amide bonds. The van der Waals surface area contributed by atoms with Gasteiger partial charge in [-0.05, 0) is 54.5 Å². The van der Waals surface area contributed by atoms with Crippen LogP contribution in [0.15, 0.2) is 51.8 Å². The SMILES string of the molecule is CCSC1=C(c2ccc(C)c(C)c2)C(=O)N(c2cccc(Br)c2)C1=O. The first-order valence-corrected chi connectivity index (χ1v) is 9.81. The maximum absolute atomic E-state index is 13.1. The minimum Gasteiger partial charge on any atom is -0.268 e. The number of imide groups is 1. The molecule has 0 radical (unpaired) electrons. The third kappa shape index (κ3) is 3.31. The van der Waals surface area contributed by atoms with Gasteiger partial charge in [-0.3, -0.25) is 9.59 Å². The lowest BCUT2D eigenvalue weighted by molar-refractivity contribution is -0.119. The van der Waals surface area contributed by atoms with Crippen LogP contribution in [0, 0.1) is 13.8 Å². The zero-order valence-electron chi connectivity index (χ0n) is 14.3. The van der Waals surface area contributed by atoms with Gasteiger partial charge < -0.3 is 0 Å². The van der Waals surface area contributed by atoms with Gasteiger partial charge in [0.25, 0.3) is 11.8 Å². The molecule has 5 heteroatoms. The molecule has 1 aliphatic heterocycles. The summed E-state index contributed by atoms with van der Waals surface area (Å²) in [6.45, 7) is 6.03. The molecule has 3 nitrogen and oxygen atoms in total. The van der Waals surface area contributed by atoms with Gasteiger partial charge in [0.05, 0.1) is 16.2 Å². The average molecular weight is 416 g/mol. The Balaban J connectivity index is 2.12. The predicted octanol–water partition coefficient (Wildman–Crippen LogP) is 5.10. The summed E-state index contributed by atoms with van der Waals surface area (Å²) in [5.41, 5.74) is 4.15. The molecule has 1 aliphatic rings. The molecule has 0 atom stereocenters. The zero-order chi connectivity index (χ0) is 18.1. The Kier molecular flexibility index (Phi) is 5.16. The van der Waals surface area contributed by atoms with E-state index in [0.717, 1.165) is 26.9 Å². The van der Waals surface area contributed by atoms with E-state index in [1.807, 2.05) is 51.1 Å².